The van der Waals surface area contributed by atoms with Crippen molar-refractivity contribution in [3.63, 3.8) is 0 Å². The van der Waals surface area contributed by atoms with Gasteiger partial charge in [0.2, 0.25) is 0 Å². The van der Waals surface area contributed by atoms with E-state index in [1.54, 1.807) is 13.0 Å². The smallest absolute Gasteiger partial charge is 0.347 e. The second-order valence-corrected chi connectivity index (χ2v) is 3.24. The van der Waals surface area contributed by atoms with Gasteiger partial charge in [-0.05, 0) is 19.9 Å². The van der Waals surface area contributed by atoms with Crippen LogP contribution in [0.25, 0.3) is 0 Å². The van der Waals surface area contributed by atoms with Crippen LogP contribution in [0.1, 0.15) is 13.8 Å². The van der Waals surface area contributed by atoms with Crippen LogP contribution in [0.2, 0.25) is 0 Å². The minimum atomic E-state index is -0.879. The third kappa shape index (κ3) is 3.44. The summed E-state index contributed by atoms with van der Waals surface area (Å²) >= 11 is 0. The van der Waals surface area contributed by atoms with Crippen molar-refractivity contribution in [2.75, 3.05) is 6.61 Å². The molecule has 1 rings (SSSR count). The summed E-state index contributed by atoms with van der Waals surface area (Å²) in [6, 6.07) is 5.88. The molecule has 1 atom stereocenters. The Morgan fingerprint density at radius 3 is 2.71 bits per heavy atom. The van der Waals surface area contributed by atoms with Crippen molar-refractivity contribution in [2.24, 2.45) is 0 Å². The highest BCUT2D eigenvalue weighted by Gasteiger charge is 2.21. The molecule has 0 saturated carbocycles. The molecule has 0 saturated heterocycles. The fourth-order valence-corrected chi connectivity index (χ4v) is 1.21. The molecule has 17 heavy (non-hydrogen) atoms. The minimum Gasteiger partial charge on any atom is -0.472 e. The normalized spacial score (nSPS) is 11.6. The van der Waals surface area contributed by atoms with Gasteiger partial charge in [0, 0.05) is 6.07 Å². The van der Waals surface area contributed by atoms with Crippen molar-refractivity contribution in [3.8, 4) is 5.75 Å². The molecule has 0 unspecified atom stereocenters. The molecule has 0 fully saturated rings. The molecular formula is C11H13NO5. The van der Waals surface area contributed by atoms with Gasteiger partial charge in [0.05, 0.1) is 11.5 Å². The number of rotatable bonds is 5. The first-order chi connectivity index (χ1) is 8.06. The molecule has 0 amide bonds. The fraction of sp³-hybridized carbons (Fsp3) is 0.364. The maximum atomic E-state index is 11.3. The Morgan fingerprint density at radius 1 is 1.47 bits per heavy atom. The standard InChI is InChI=1S/C11H13NO5/c1-3-16-11(13)8(2)17-10-7-5-4-6-9(10)12(14)15/h4-8H,3H2,1-2H3/t8-/m1/s1. The largest absolute Gasteiger partial charge is 0.472 e. The molecule has 92 valence electrons. The lowest BCUT2D eigenvalue weighted by Gasteiger charge is -2.12. The Kier molecular flexibility index (Phi) is 4.45. The number of nitrogens with zero attached hydrogens (tertiary/aromatic N) is 1. The van der Waals surface area contributed by atoms with Gasteiger partial charge in [-0.1, -0.05) is 12.1 Å². The van der Waals surface area contributed by atoms with E-state index in [1.165, 1.54) is 25.1 Å². The summed E-state index contributed by atoms with van der Waals surface area (Å²) in [7, 11) is 0. The highest BCUT2D eigenvalue weighted by molar-refractivity contribution is 5.74. The van der Waals surface area contributed by atoms with Crippen molar-refractivity contribution < 1.29 is 19.2 Å². The maximum absolute atomic E-state index is 11.3. The fourth-order valence-electron chi connectivity index (χ4n) is 1.21. The quantitative estimate of drug-likeness (QED) is 0.445. The van der Waals surface area contributed by atoms with E-state index in [-0.39, 0.29) is 18.0 Å². The molecular weight excluding hydrogens is 226 g/mol. The predicted molar refractivity (Wildman–Crippen MR) is 59.8 cm³/mol. The number of benzene rings is 1. The van der Waals surface area contributed by atoms with Crippen molar-refractivity contribution in [2.45, 2.75) is 20.0 Å². The summed E-state index contributed by atoms with van der Waals surface area (Å²) in [6.45, 7) is 3.40. The Hall–Kier alpha value is -2.11. The molecule has 1 aromatic rings. The van der Waals surface area contributed by atoms with E-state index >= 15 is 0 Å². The first kappa shape index (κ1) is 13.0. The summed E-state index contributed by atoms with van der Waals surface area (Å²) in [5, 5.41) is 10.7. The molecule has 0 aliphatic carbocycles. The van der Waals surface area contributed by atoms with Gasteiger partial charge in [-0.25, -0.2) is 4.79 Å². The molecule has 0 heterocycles. The lowest BCUT2D eigenvalue weighted by Crippen LogP contribution is -2.26. The first-order valence-electron chi connectivity index (χ1n) is 5.13. The van der Waals surface area contributed by atoms with Gasteiger partial charge >= 0.3 is 11.7 Å². The van der Waals surface area contributed by atoms with E-state index in [2.05, 4.69) is 0 Å². The summed E-state index contributed by atoms with van der Waals surface area (Å²) in [4.78, 5) is 21.5. The number of nitro benzene ring substituents is 1. The van der Waals surface area contributed by atoms with Gasteiger partial charge in [0.15, 0.2) is 11.9 Å². The van der Waals surface area contributed by atoms with Gasteiger partial charge in [-0.3, -0.25) is 10.1 Å². The van der Waals surface area contributed by atoms with E-state index in [4.69, 9.17) is 9.47 Å². The topological polar surface area (TPSA) is 78.7 Å². The number of ether oxygens (including phenoxy) is 2. The third-order valence-electron chi connectivity index (χ3n) is 1.98. The Labute approximate surface area is 98.3 Å². The zero-order valence-corrected chi connectivity index (χ0v) is 9.58. The molecule has 0 aliphatic rings. The van der Waals surface area contributed by atoms with Gasteiger partial charge in [-0.2, -0.15) is 0 Å². The maximum Gasteiger partial charge on any atom is 0.347 e. The van der Waals surface area contributed by atoms with Crippen molar-refractivity contribution >= 4 is 11.7 Å². The van der Waals surface area contributed by atoms with Crippen LogP contribution < -0.4 is 4.74 Å². The van der Waals surface area contributed by atoms with Crippen molar-refractivity contribution in [1.29, 1.82) is 0 Å². The van der Waals surface area contributed by atoms with Crippen LogP contribution in [-0.4, -0.2) is 23.6 Å². The average molecular weight is 239 g/mol. The number of para-hydroxylation sites is 2. The summed E-state index contributed by atoms with van der Waals surface area (Å²) in [5.74, 6) is -0.497. The molecule has 1 aromatic carbocycles. The molecule has 6 nitrogen and oxygen atoms in total. The Bertz CT molecular complexity index is 418. The van der Waals surface area contributed by atoms with Crippen LogP contribution in [0.5, 0.6) is 5.75 Å². The summed E-state index contributed by atoms with van der Waals surface area (Å²) in [5.41, 5.74) is -0.177. The van der Waals surface area contributed by atoms with Crippen LogP contribution in [-0.2, 0) is 9.53 Å². The van der Waals surface area contributed by atoms with E-state index in [0.717, 1.165) is 0 Å². The summed E-state index contributed by atoms with van der Waals surface area (Å²) < 4.78 is 9.95. The lowest BCUT2D eigenvalue weighted by molar-refractivity contribution is -0.386. The van der Waals surface area contributed by atoms with E-state index in [0.29, 0.717) is 0 Å². The zero-order chi connectivity index (χ0) is 12.8. The number of hydrogen-bond donors (Lipinski definition) is 0. The van der Waals surface area contributed by atoms with Crippen LogP contribution >= 0.6 is 0 Å². The molecule has 0 radical (unpaired) electrons. The number of nitro groups is 1. The lowest BCUT2D eigenvalue weighted by atomic mass is 10.3. The van der Waals surface area contributed by atoms with Crippen molar-refractivity contribution in [3.05, 3.63) is 34.4 Å². The third-order valence-corrected chi connectivity index (χ3v) is 1.98. The highest BCUT2D eigenvalue weighted by atomic mass is 16.6. The number of carbonyl (C=O) groups excluding carboxylic acids is 1. The van der Waals surface area contributed by atoms with Crippen LogP contribution in [0, 0.1) is 10.1 Å². The summed E-state index contributed by atoms with van der Waals surface area (Å²) in [6.07, 6.45) is -0.879. The number of esters is 1. The van der Waals surface area contributed by atoms with E-state index < -0.39 is 17.0 Å². The number of hydrogen-bond acceptors (Lipinski definition) is 5. The Morgan fingerprint density at radius 2 is 2.12 bits per heavy atom. The highest BCUT2D eigenvalue weighted by Crippen LogP contribution is 2.26. The monoisotopic (exact) mass is 239 g/mol. The predicted octanol–water partition coefficient (Wildman–Crippen LogP) is 1.93. The molecule has 0 N–H and O–H groups in total. The first-order valence-corrected chi connectivity index (χ1v) is 5.13. The van der Waals surface area contributed by atoms with Crippen molar-refractivity contribution in [1.82, 2.24) is 0 Å². The zero-order valence-electron chi connectivity index (χ0n) is 9.58. The molecule has 0 aromatic heterocycles. The number of carbonyl (C=O) groups is 1. The van der Waals surface area contributed by atoms with Gasteiger partial charge in [0.25, 0.3) is 0 Å². The van der Waals surface area contributed by atoms with E-state index in [9.17, 15) is 14.9 Å². The second-order valence-electron chi connectivity index (χ2n) is 3.24. The van der Waals surface area contributed by atoms with Crippen LogP contribution in [0.3, 0.4) is 0 Å². The van der Waals surface area contributed by atoms with E-state index in [1.807, 2.05) is 0 Å². The average Bonchev–Trinajstić information content (AvgIpc) is 2.29. The SMILES string of the molecule is CCOC(=O)[C@@H](C)Oc1ccccc1[N+](=O)[O-]. The van der Waals surface area contributed by atoms with Crippen LogP contribution in [0.4, 0.5) is 5.69 Å². The van der Waals surface area contributed by atoms with Gasteiger partial charge < -0.3 is 9.47 Å². The van der Waals surface area contributed by atoms with Gasteiger partial charge in [-0.15, -0.1) is 0 Å². The molecule has 0 spiro atoms. The molecule has 0 bridgehead atoms. The minimum absolute atomic E-state index is 0.0538. The molecule has 6 heteroatoms. The molecule has 0 aliphatic heterocycles. The van der Waals surface area contributed by atoms with Crippen LogP contribution in [0.15, 0.2) is 24.3 Å². The second kappa shape index (κ2) is 5.83. The van der Waals surface area contributed by atoms with Gasteiger partial charge in [0.1, 0.15) is 0 Å². The Balaban J connectivity index is 2.81.